The molecule has 1 aromatic carbocycles. The van der Waals surface area contributed by atoms with Crippen molar-refractivity contribution in [2.45, 2.75) is 18.6 Å². The maximum absolute atomic E-state index is 12.1. The van der Waals surface area contributed by atoms with Crippen molar-refractivity contribution >= 4 is 16.7 Å². The van der Waals surface area contributed by atoms with Crippen LogP contribution in [0.5, 0.6) is 0 Å². The van der Waals surface area contributed by atoms with E-state index in [0.29, 0.717) is 6.54 Å². The summed E-state index contributed by atoms with van der Waals surface area (Å²) >= 11 is 0. The van der Waals surface area contributed by atoms with Crippen LogP contribution in [-0.4, -0.2) is 22.4 Å². The first-order valence-electron chi connectivity index (χ1n) is 5.74. The van der Waals surface area contributed by atoms with Crippen LogP contribution >= 0.6 is 0 Å². The van der Waals surface area contributed by atoms with Gasteiger partial charge in [0, 0.05) is 17.3 Å². The predicted molar refractivity (Wildman–Crippen MR) is 71.1 cm³/mol. The molecule has 1 aromatic rings. The number of hydrogen-bond acceptors (Lipinski definition) is 3. The highest BCUT2D eigenvalue weighted by Crippen LogP contribution is 2.23. The van der Waals surface area contributed by atoms with Crippen LogP contribution in [0.1, 0.15) is 24.2 Å². The zero-order valence-electron chi connectivity index (χ0n) is 10.3. The van der Waals surface area contributed by atoms with Crippen LogP contribution < -0.4 is 5.32 Å². The fraction of sp³-hybridized carbons (Fsp3) is 0.385. The number of carbonyl (C=O) groups is 1. The number of amides is 1. The Labute approximate surface area is 109 Å². The molecule has 1 N–H and O–H groups in total. The quantitative estimate of drug-likeness (QED) is 0.847. The predicted octanol–water partition coefficient (Wildman–Crippen LogP) is 1.53. The van der Waals surface area contributed by atoms with E-state index in [-0.39, 0.29) is 18.1 Å². The maximum Gasteiger partial charge on any atom is 0.232 e. The molecule has 0 saturated heterocycles. The van der Waals surface area contributed by atoms with Crippen LogP contribution in [0, 0.1) is 11.3 Å². The van der Waals surface area contributed by atoms with Gasteiger partial charge >= 0.3 is 0 Å². The summed E-state index contributed by atoms with van der Waals surface area (Å²) in [6, 6.07) is 11.2. The molecule has 0 spiro atoms. The number of nitrogens with one attached hydrogen (secondary N) is 1. The molecule has 0 aliphatic carbocycles. The van der Waals surface area contributed by atoms with Crippen LogP contribution in [0.15, 0.2) is 30.3 Å². The lowest BCUT2D eigenvalue weighted by Crippen LogP contribution is -2.29. The average molecular weight is 264 g/mol. The van der Waals surface area contributed by atoms with Crippen molar-refractivity contribution in [3.05, 3.63) is 35.9 Å². The Kier molecular flexibility index (Phi) is 6.09. The van der Waals surface area contributed by atoms with E-state index in [4.69, 9.17) is 5.26 Å². The first-order valence-corrected chi connectivity index (χ1v) is 7.13. The highest BCUT2D eigenvalue weighted by molar-refractivity contribution is 7.86. The number of nitrogens with zero attached hydrogens (tertiary/aromatic N) is 1. The zero-order valence-corrected chi connectivity index (χ0v) is 11.1. The Balaban J connectivity index is 2.77. The Morgan fingerprint density at radius 3 is 2.67 bits per heavy atom. The fourth-order valence-electron chi connectivity index (χ4n) is 1.59. The molecule has 1 amide bonds. The first-order chi connectivity index (χ1) is 8.69. The van der Waals surface area contributed by atoms with Crippen molar-refractivity contribution in [1.29, 1.82) is 5.26 Å². The summed E-state index contributed by atoms with van der Waals surface area (Å²) < 4.78 is 12.1. The highest BCUT2D eigenvalue weighted by Gasteiger charge is 2.20. The second-order valence-electron chi connectivity index (χ2n) is 3.74. The van der Waals surface area contributed by atoms with Crippen LogP contribution in [0.3, 0.4) is 0 Å². The van der Waals surface area contributed by atoms with Crippen molar-refractivity contribution in [1.82, 2.24) is 5.32 Å². The number of nitriles is 1. The van der Waals surface area contributed by atoms with Gasteiger partial charge in [0.2, 0.25) is 5.91 Å². The minimum atomic E-state index is -1.37. The van der Waals surface area contributed by atoms with Gasteiger partial charge in [-0.1, -0.05) is 30.3 Å². The van der Waals surface area contributed by atoms with Crippen LogP contribution in [0.4, 0.5) is 0 Å². The Morgan fingerprint density at radius 2 is 2.11 bits per heavy atom. The van der Waals surface area contributed by atoms with Crippen molar-refractivity contribution < 1.29 is 9.00 Å². The van der Waals surface area contributed by atoms with E-state index in [0.717, 1.165) is 5.56 Å². The van der Waals surface area contributed by atoms with Crippen molar-refractivity contribution in [3.63, 3.8) is 0 Å². The third-order valence-electron chi connectivity index (χ3n) is 2.41. The number of carbonyl (C=O) groups excluding carboxylic acids is 1. The molecule has 0 aliphatic heterocycles. The molecule has 1 rings (SSSR count). The summed E-state index contributed by atoms with van der Waals surface area (Å²) in [5, 5.41) is 11.0. The standard InChI is InChI=1S/C13H16N2O2S/c1-2-15-13(16)10-18(17)12(8-9-14)11-6-4-3-5-7-11/h3-7,12H,2,8,10H2,1H3,(H,15,16). The minimum absolute atomic E-state index is 0.0604. The monoisotopic (exact) mass is 264 g/mol. The largest absolute Gasteiger partial charge is 0.356 e. The summed E-state index contributed by atoms with van der Waals surface area (Å²) in [5.41, 5.74) is 0.835. The number of benzene rings is 1. The van der Waals surface area contributed by atoms with Gasteiger partial charge in [-0.15, -0.1) is 0 Å². The van der Waals surface area contributed by atoms with Crippen molar-refractivity contribution in [3.8, 4) is 6.07 Å². The molecule has 0 bridgehead atoms. The summed E-state index contributed by atoms with van der Waals surface area (Å²) in [7, 11) is -1.37. The van der Waals surface area contributed by atoms with Crippen LogP contribution in [0.2, 0.25) is 0 Å². The lowest BCUT2D eigenvalue weighted by atomic mass is 10.1. The smallest absolute Gasteiger partial charge is 0.232 e. The first kappa shape index (κ1) is 14.4. The topological polar surface area (TPSA) is 70.0 Å². The van der Waals surface area contributed by atoms with Crippen molar-refractivity contribution in [2.24, 2.45) is 0 Å². The van der Waals surface area contributed by atoms with Gasteiger partial charge in [-0.25, -0.2) is 0 Å². The number of rotatable bonds is 6. The molecule has 18 heavy (non-hydrogen) atoms. The molecular formula is C13H16N2O2S. The van der Waals surface area contributed by atoms with E-state index in [9.17, 15) is 9.00 Å². The van der Waals surface area contributed by atoms with Gasteiger partial charge in [0.1, 0.15) is 5.75 Å². The van der Waals surface area contributed by atoms with Crippen LogP contribution in [0.25, 0.3) is 0 Å². The minimum Gasteiger partial charge on any atom is -0.356 e. The lowest BCUT2D eigenvalue weighted by Gasteiger charge is -2.13. The normalized spacial score (nSPS) is 13.3. The summed E-state index contributed by atoms with van der Waals surface area (Å²) in [6.45, 7) is 2.33. The van der Waals surface area contributed by atoms with Crippen molar-refractivity contribution in [2.75, 3.05) is 12.3 Å². The van der Waals surface area contributed by atoms with Gasteiger partial charge in [0.15, 0.2) is 0 Å². The van der Waals surface area contributed by atoms with E-state index in [1.54, 1.807) is 0 Å². The Morgan fingerprint density at radius 1 is 1.44 bits per heavy atom. The fourth-order valence-corrected chi connectivity index (χ4v) is 2.87. The molecule has 0 radical (unpaired) electrons. The van der Waals surface area contributed by atoms with E-state index < -0.39 is 16.0 Å². The third kappa shape index (κ3) is 4.30. The van der Waals surface area contributed by atoms with E-state index in [1.165, 1.54) is 0 Å². The van der Waals surface area contributed by atoms with Crippen LogP contribution in [-0.2, 0) is 15.6 Å². The van der Waals surface area contributed by atoms with E-state index in [1.807, 2.05) is 43.3 Å². The SMILES string of the molecule is CCNC(=O)CS(=O)C(CC#N)c1ccccc1. The molecule has 0 fully saturated rings. The van der Waals surface area contributed by atoms with Gasteiger partial charge in [-0.3, -0.25) is 9.00 Å². The average Bonchev–Trinajstić information content (AvgIpc) is 2.37. The molecule has 5 heteroatoms. The van der Waals surface area contributed by atoms with E-state index in [2.05, 4.69) is 5.32 Å². The Hall–Kier alpha value is -1.67. The van der Waals surface area contributed by atoms with Gasteiger partial charge in [0.25, 0.3) is 0 Å². The van der Waals surface area contributed by atoms with Gasteiger partial charge in [-0.2, -0.15) is 5.26 Å². The molecule has 96 valence electrons. The third-order valence-corrected chi connectivity index (χ3v) is 4.03. The molecule has 2 atom stereocenters. The molecule has 0 aromatic heterocycles. The molecule has 2 unspecified atom stereocenters. The Bertz CT molecular complexity index is 454. The molecular weight excluding hydrogens is 248 g/mol. The molecule has 0 heterocycles. The lowest BCUT2D eigenvalue weighted by molar-refractivity contribution is -0.118. The second-order valence-corrected chi connectivity index (χ2v) is 5.36. The number of hydrogen-bond donors (Lipinski definition) is 1. The second kappa shape index (κ2) is 7.62. The summed E-state index contributed by atoms with van der Waals surface area (Å²) in [6.07, 6.45) is 0.149. The highest BCUT2D eigenvalue weighted by atomic mass is 32.2. The molecule has 4 nitrogen and oxygen atoms in total. The summed E-state index contributed by atoms with van der Waals surface area (Å²) in [5.74, 6) is -0.301. The van der Waals surface area contributed by atoms with Gasteiger partial charge in [-0.05, 0) is 12.5 Å². The molecule has 0 saturated carbocycles. The van der Waals surface area contributed by atoms with Gasteiger partial charge in [0.05, 0.1) is 17.7 Å². The maximum atomic E-state index is 12.1. The van der Waals surface area contributed by atoms with E-state index >= 15 is 0 Å². The van der Waals surface area contributed by atoms with Gasteiger partial charge < -0.3 is 5.32 Å². The molecule has 0 aliphatic rings. The summed E-state index contributed by atoms with van der Waals surface area (Å²) in [4.78, 5) is 11.4. The zero-order chi connectivity index (χ0) is 13.4.